The van der Waals surface area contributed by atoms with Crippen LogP contribution < -0.4 is 0 Å². The van der Waals surface area contributed by atoms with Gasteiger partial charge in [0.2, 0.25) is 0 Å². The molecule has 0 spiro atoms. The van der Waals surface area contributed by atoms with Gasteiger partial charge in [0, 0.05) is 0 Å². The Labute approximate surface area is 70.8 Å². The van der Waals surface area contributed by atoms with E-state index in [4.69, 9.17) is 24.4 Å². The van der Waals surface area contributed by atoms with Crippen molar-refractivity contribution in [3.63, 3.8) is 0 Å². The second-order valence-electron chi connectivity index (χ2n) is 1.38. The molecular weight excluding hydrogens is 168 g/mol. The third kappa shape index (κ3) is 4.40. The summed E-state index contributed by atoms with van der Waals surface area (Å²) in [6.45, 7) is 0. The molecule has 0 aliphatic carbocycles. The predicted molar refractivity (Wildman–Crippen MR) is 48.4 cm³/mol. The molecule has 0 aliphatic rings. The molecule has 10 heavy (non-hydrogen) atoms. The van der Waals surface area contributed by atoms with E-state index in [0.29, 0.717) is 10.1 Å². The van der Waals surface area contributed by atoms with Crippen molar-refractivity contribution in [2.75, 3.05) is 14.2 Å². The molecule has 0 fully saturated rings. The Hall–Kier alpha value is -0.480. The van der Waals surface area contributed by atoms with Gasteiger partial charge in [-0.2, -0.15) is 0 Å². The SMILES string of the molecule is COC(=S)/C=C/C(=S)OC. The van der Waals surface area contributed by atoms with E-state index >= 15 is 0 Å². The van der Waals surface area contributed by atoms with Gasteiger partial charge in [0.05, 0.1) is 14.2 Å². The Morgan fingerprint density at radius 3 is 1.50 bits per heavy atom. The average molecular weight is 176 g/mol. The lowest BCUT2D eigenvalue weighted by atomic mass is 10.5. The molecule has 0 heterocycles. The first kappa shape index (κ1) is 9.52. The first-order valence-corrected chi connectivity index (χ1v) is 3.36. The zero-order valence-electron chi connectivity index (χ0n) is 5.79. The summed E-state index contributed by atoms with van der Waals surface area (Å²) >= 11 is 9.39. The molecule has 0 amide bonds. The molecule has 0 rings (SSSR count). The van der Waals surface area contributed by atoms with Gasteiger partial charge in [-0.05, 0) is 36.6 Å². The molecule has 0 atom stereocenters. The third-order valence-corrected chi connectivity index (χ3v) is 1.36. The summed E-state index contributed by atoms with van der Waals surface area (Å²) in [7, 11) is 3.01. The van der Waals surface area contributed by atoms with Gasteiger partial charge in [-0.25, -0.2) is 0 Å². The highest BCUT2D eigenvalue weighted by atomic mass is 32.1. The number of hydrogen-bond donors (Lipinski definition) is 0. The first-order chi connectivity index (χ1) is 4.70. The van der Waals surface area contributed by atoms with E-state index in [1.54, 1.807) is 12.2 Å². The van der Waals surface area contributed by atoms with Crippen LogP contribution in [0.1, 0.15) is 0 Å². The van der Waals surface area contributed by atoms with Crippen LogP contribution in [0.3, 0.4) is 0 Å². The largest absolute Gasteiger partial charge is 0.487 e. The van der Waals surface area contributed by atoms with E-state index < -0.39 is 0 Å². The molecular formula is C6H8O2S2. The fourth-order valence-corrected chi connectivity index (χ4v) is 0.408. The van der Waals surface area contributed by atoms with Crippen LogP contribution in [-0.4, -0.2) is 24.3 Å². The average Bonchev–Trinajstić information content (AvgIpc) is 1.99. The molecule has 56 valence electrons. The molecule has 0 saturated carbocycles. The third-order valence-electron chi connectivity index (χ3n) is 0.758. The molecule has 0 aromatic rings. The van der Waals surface area contributed by atoms with Crippen LogP contribution in [0, 0.1) is 0 Å². The van der Waals surface area contributed by atoms with Crippen LogP contribution in [0.4, 0.5) is 0 Å². The molecule has 0 aromatic heterocycles. The van der Waals surface area contributed by atoms with Gasteiger partial charge in [-0.3, -0.25) is 0 Å². The predicted octanol–water partition coefficient (Wildman–Crippen LogP) is 1.49. The summed E-state index contributed by atoms with van der Waals surface area (Å²) in [5.41, 5.74) is 0. The molecule has 0 aliphatic heterocycles. The highest BCUT2D eigenvalue weighted by molar-refractivity contribution is 7.80. The van der Waals surface area contributed by atoms with Crippen LogP contribution in [-0.2, 0) is 9.47 Å². The Balaban J connectivity index is 3.75. The Morgan fingerprint density at radius 2 is 1.30 bits per heavy atom. The fourth-order valence-electron chi connectivity index (χ4n) is 0.272. The molecule has 2 nitrogen and oxygen atoms in total. The maximum Gasteiger partial charge on any atom is 0.183 e. The lowest BCUT2D eigenvalue weighted by Gasteiger charge is -1.94. The number of methoxy groups -OCH3 is 2. The number of rotatable bonds is 2. The summed E-state index contributed by atoms with van der Waals surface area (Å²) in [5, 5.41) is 0.777. The fraction of sp³-hybridized carbons (Fsp3) is 0.333. The summed E-state index contributed by atoms with van der Waals surface area (Å²) in [6.07, 6.45) is 3.14. The van der Waals surface area contributed by atoms with E-state index in [0.717, 1.165) is 0 Å². The molecule has 4 heteroatoms. The highest BCUT2D eigenvalue weighted by Gasteiger charge is 1.87. The van der Waals surface area contributed by atoms with Crippen molar-refractivity contribution < 1.29 is 9.47 Å². The monoisotopic (exact) mass is 176 g/mol. The van der Waals surface area contributed by atoms with E-state index in [1.807, 2.05) is 0 Å². The highest BCUT2D eigenvalue weighted by Crippen LogP contribution is 1.86. The summed E-state index contributed by atoms with van der Waals surface area (Å²) < 4.78 is 9.35. The zero-order valence-corrected chi connectivity index (χ0v) is 7.42. The van der Waals surface area contributed by atoms with Crippen molar-refractivity contribution in [3.05, 3.63) is 12.2 Å². The normalized spacial score (nSPS) is 9.40. The van der Waals surface area contributed by atoms with Crippen LogP contribution >= 0.6 is 24.4 Å². The lowest BCUT2D eigenvalue weighted by Crippen LogP contribution is -1.95. The minimum absolute atomic E-state index is 0.388. The minimum atomic E-state index is 0.388. The smallest absolute Gasteiger partial charge is 0.183 e. The standard InChI is InChI=1S/C6H8O2S2/c1-7-5(9)3-4-6(10)8-2/h3-4H,1-2H3/b4-3+. The van der Waals surface area contributed by atoms with Crippen LogP contribution in [0.5, 0.6) is 0 Å². The quantitative estimate of drug-likeness (QED) is 0.468. The maximum absolute atomic E-state index is 4.70. The summed E-state index contributed by atoms with van der Waals surface area (Å²) in [6, 6.07) is 0. The molecule has 0 saturated heterocycles. The van der Waals surface area contributed by atoms with Gasteiger partial charge in [-0.15, -0.1) is 0 Å². The van der Waals surface area contributed by atoms with Crippen molar-refractivity contribution in [3.8, 4) is 0 Å². The molecule has 0 radical (unpaired) electrons. The van der Waals surface area contributed by atoms with Crippen molar-refractivity contribution >= 4 is 34.5 Å². The Morgan fingerprint density at radius 1 is 1.00 bits per heavy atom. The number of hydrogen-bond acceptors (Lipinski definition) is 4. The van der Waals surface area contributed by atoms with Gasteiger partial charge in [0.25, 0.3) is 0 Å². The van der Waals surface area contributed by atoms with Crippen LogP contribution in [0.2, 0.25) is 0 Å². The van der Waals surface area contributed by atoms with Crippen molar-refractivity contribution in [2.45, 2.75) is 0 Å². The Bertz CT molecular complexity index is 145. The molecule has 0 bridgehead atoms. The van der Waals surface area contributed by atoms with Gasteiger partial charge < -0.3 is 9.47 Å². The molecule has 0 N–H and O–H groups in total. The first-order valence-electron chi connectivity index (χ1n) is 2.54. The maximum atomic E-state index is 4.70. The van der Waals surface area contributed by atoms with Gasteiger partial charge in [0.15, 0.2) is 10.1 Å². The zero-order chi connectivity index (χ0) is 7.98. The number of ether oxygens (including phenoxy) is 2. The molecule has 0 unspecified atom stereocenters. The van der Waals surface area contributed by atoms with E-state index in [-0.39, 0.29) is 0 Å². The van der Waals surface area contributed by atoms with Crippen molar-refractivity contribution in [1.82, 2.24) is 0 Å². The van der Waals surface area contributed by atoms with Crippen molar-refractivity contribution in [2.24, 2.45) is 0 Å². The van der Waals surface area contributed by atoms with Gasteiger partial charge in [0.1, 0.15) is 0 Å². The summed E-state index contributed by atoms with van der Waals surface area (Å²) in [5.74, 6) is 0. The van der Waals surface area contributed by atoms with Crippen molar-refractivity contribution in [1.29, 1.82) is 0 Å². The minimum Gasteiger partial charge on any atom is -0.487 e. The van der Waals surface area contributed by atoms with Gasteiger partial charge in [-0.1, -0.05) is 0 Å². The summed E-state index contributed by atoms with van der Waals surface area (Å²) in [4.78, 5) is 0. The van der Waals surface area contributed by atoms with Gasteiger partial charge >= 0.3 is 0 Å². The lowest BCUT2D eigenvalue weighted by molar-refractivity contribution is 0.414. The topological polar surface area (TPSA) is 18.5 Å². The van der Waals surface area contributed by atoms with E-state index in [1.165, 1.54) is 14.2 Å². The van der Waals surface area contributed by atoms with E-state index in [2.05, 4.69) is 9.47 Å². The van der Waals surface area contributed by atoms with Crippen LogP contribution in [0.25, 0.3) is 0 Å². The Kier molecular flexibility index (Phi) is 5.06. The molecule has 0 aromatic carbocycles. The van der Waals surface area contributed by atoms with Crippen LogP contribution in [0.15, 0.2) is 12.2 Å². The van der Waals surface area contributed by atoms with E-state index in [9.17, 15) is 0 Å². The number of thiocarbonyl (C=S) groups is 2. The second kappa shape index (κ2) is 5.32. The second-order valence-corrected chi connectivity index (χ2v) is 2.18.